The molecular formula is C13H17IN4. The highest BCUT2D eigenvalue weighted by Gasteiger charge is 2.10. The quantitative estimate of drug-likeness (QED) is 0.491. The fourth-order valence-corrected chi connectivity index (χ4v) is 2.34. The third kappa shape index (κ3) is 3.30. The van der Waals surface area contributed by atoms with E-state index in [0.29, 0.717) is 0 Å². The topological polar surface area (TPSA) is 55.9 Å². The maximum absolute atomic E-state index is 5.65. The van der Waals surface area contributed by atoms with Crippen molar-refractivity contribution in [3.05, 3.63) is 51.4 Å². The van der Waals surface area contributed by atoms with Gasteiger partial charge < -0.3 is 0 Å². The van der Waals surface area contributed by atoms with E-state index in [4.69, 9.17) is 5.84 Å². The molecule has 5 heteroatoms. The first kappa shape index (κ1) is 13.5. The second-order valence-corrected chi connectivity index (χ2v) is 5.50. The van der Waals surface area contributed by atoms with Crippen LogP contribution in [0.4, 0.5) is 0 Å². The average Bonchev–Trinajstić information content (AvgIpc) is 2.78. The van der Waals surface area contributed by atoms with Crippen LogP contribution in [0.5, 0.6) is 0 Å². The molecule has 1 aromatic heterocycles. The Hall–Kier alpha value is -0.920. The van der Waals surface area contributed by atoms with Gasteiger partial charge in [0.1, 0.15) is 0 Å². The van der Waals surface area contributed by atoms with Gasteiger partial charge in [0.2, 0.25) is 0 Å². The van der Waals surface area contributed by atoms with Gasteiger partial charge in [0, 0.05) is 28.6 Å². The van der Waals surface area contributed by atoms with E-state index in [0.717, 1.165) is 12.8 Å². The van der Waals surface area contributed by atoms with Crippen molar-refractivity contribution in [3.8, 4) is 0 Å². The number of hydrazine groups is 1. The minimum atomic E-state index is 0.178. The van der Waals surface area contributed by atoms with Crippen molar-refractivity contribution in [2.75, 3.05) is 0 Å². The summed E-state index contributed by atoms with van der Waals surface area (Å²) in [6.45, 7) is 0. The molecule has 96 valence electrons. The van der Waals surface area contributed by atoms with E-state index in [2.05, 4.69) is 57.4 Å². The number of rotatable bonds is 5. The first-order valence-corrected chi connectivity index (χ1v) is 6.97. The lowest BCUT2D eigenvalue weighted by molar-refractivity contribution is 0.506. The number of nitrogens with zero attached hydrogens (tertiary/aromatic N) is 2. The Morgan fingerprint density at radius 1 is 1.33 bits per heavy atom. The maximum atomic E-state index is 5.65. The van der Waals surface area contributed by atoms with Gasteiger partial charge in [-0.05, 0) is 59.2 Å². The van der Waals surface area contributed by atoms with E-state index < -0.39 is 0 Å². The number of nitrogens with one attached hydrogen (secondary N) is 1. The van der Waals surface area contributed by atoms with Crippen molar-refractivity contribution in [1.82, 2.24) is 15.2 Å². The Kier molecular flexibility index (Phi) is 4.73. The minimum absolute atomic E-state index is 0.178. The first-order chi connectivity index (χ1) is 8.70. The highest BCUT2D eigenvalue weighted by molar-refractivity contribution is 14.1. The van der Waals surface area contributed by atoms with Crippen molar-refractivity contribution in [1.29, 1.82) is 0 Å². The molecule has 2 rings (SSSR count). The second-order valence-electron chi connectivity index (χ2n) is 4.26. The van der Waals surface area contributed by atoms with Gasteiger partial charge >= 0.3 is 0 Å². The zero-order valence-electron chi connectivity index (χ0n) is 10.3. The van der Waals surface area contributed by atoms with Crippen LogP contribution in [0.1, 0.15) is 23.7 Å². The van der Waals surface area contributed by atoms with Crippen LogP contribution in [0.25, 0.3) is 0 Å². The average molecular weight is 356 g/mol. The second kappa shape index (κ2) is 6.31. The van der Waals surface area contributed by atoms with Crippen LogP contribution in [-0.4, -0.2) is 9.78 Å². The van der Waals surface area contributed by atoms with E-state index >= 15 is 0 Å². The molecular weight excluding hydrogens is 339 g/mol. The summed E-state index contributed by atoms with van der Waals surface area (Å²) >= 11 is 2.30. The molecule has 2 aromatic rings. The predicted molar refractivity (Wildman–Crippen MR) is 80.8 cm³/mol. The van der Waals surface area contributed by atoms with Gasteiger partial charge in [-0.15, -0.1) is 0 Å². The number of aryl methyl sites for hydroxylation is 2. The fourth-order valence-electron chi connectivity index (χ4n) is 1.98. The SMILES string of the molecule is Cn1nccc1CCC(NN)c1ccc(I)cc1. The summed E-state index contributed by atoms with van der Waals surface area (Å²) in [6, 6.07) is 10.7. The number of hydrogen-bond donors (Lipinski definition) is 2. The Morgan fingerprint density at radius 3 is 2.61 bits per heavy atom. The van der Waals surface area contributed by atoms with Crippen LogP contribution in [0, 0.1) is 3.57 Å². The van der Waals surface area contributed by atoms with Crippen LogP contribution < -0.4 is 11.3 Å². The van der Waals surface area contributed by atoms with E-state index in [-0.39, 0.29) is 6.04 Å². The highest BCUT2D eigenvalue weighted by atomic mass is 127. The maximum Gasteiger partial charge on any atom is 0.0492 e. The number of benzene rings is 1. The number of hydrogen-bond acceptors (Lipinski definition) is 3. The Balaban J connectivity index is 2.01. The molecule has 0 saturated heterocycles. The van der Waals surface area contributed by atoms with Gasteiger partial charge in [0.25, 0.3) is 0 Å². The fraction of sp³-hybridized carbons (Fsp3) is 0.308. The third-order valence-corrected chi connectivity index (χ3v) is 3.80. The molecule has 0 spiro atoms. The van der Waals surface area contributed by atoms with Crippen molar-refractivity contribution in [3.63, 3.8) is 0 Å². The van der Waals surface area contributed by atoms with Gasteiger partial charge in [0.15, 0.2) is 0 Å². The molecule has 0 bridgehead atoms. The number of aromatic nitrogens is 2. The molecule has 0 fully saturated rings. The monoisotopic (exact) mass is 356 g/mol. The van der Waals surface area contributed by atoms with Crippen LogP contribution in [0.15, 0.2) is 36.5 Å². The first-order valence-electron chi connectivity index (χ1n) is 5.89. The van der Waals surface area contributed by atoms with Crippen molar-refractivity contribution < 1.29 is 0 Å². The normalized spacial score (nSPS) is 12.6. The van der Waals surface area contributed by atoms with Gasteiger partial charge in [-0.25, -0.2) is 0 Å². The minimum Gasteiger partial charge on any atom is -0.273 e. The summed E-state index contributed by atoms with van der Waals surface area (Å²) in [5.41, 5.74) is 5.33. The van der Waals surface area contributed by atoms with Crippen LogP contribution in [0.2, 0.25) is 0 Å². The van der Waals surface area contributed by atoms with Crippen LogP contribution in [0.3, 0.4) is 0 Å². The molecule has 0 aliphatic heterocycles. The molecule has 1 unspecified atom stereocenters. The number of nitrogens with two attached hydrogens (primary N) is 1. The van der Waals surface area contributed by atoms with Gasteiger partial charge in [-0.2, -0.15) is 5.10 Å². The van der Waals surface area contributed by atoms with Crippen LogP contribution >= 0.6 is 22.6 Å². The van der Waals surface area contributed by atoms with E-state index in [1.54, 1.807) is 0 Å². The van der Waals surface area contributed by atoms with Crippen molar-refractivity contribution >= 4 is 22.6 Å². The zero-order valence-corrected chi connectivity index (χ0v) is 12.5. The molecule has 0 amide bonds. The summed E-state index contributed by atoms with van der Waals surface area (Å²) in [7, 11) is 1.96. The molecule has 1 heterocycles. The van der Waals surface area contributed by atoms with E-state index in [1.165, 1.54) is 14.8 Å². The summed E-state index contributed by atoms with van der Waals surface area (Å²) in [5, 5.41) is 4.17. The van der Waals surface area contributed by atoms with E-state index in [9.17, 15) is 0 Å². The highest BCUT2D eigenvalue weighted by Crippen LogP contribution is 2.19. The zero-order chi connectivity index (χ0) is 13.0. The largest absolute Gasteiger partial charge is 0.273 e. The molecule has 3 N–H and O–H groups in total. The molecule has 1 atom stereocenters. The Labute approximate surface area is 121 Å². The summed E-state index contributed by atoms with van der Waals surface area (Å²) in [6.07, 6.45) is 3.74. The molecule has 0 aliphatic rings. The molecule has 0 radical (unpaired) electrons. The molecule has 0 aliphatic carbocycles. The Bertz CT molecular complexity index is 492. The lowest BCUT2D eigenvalue weighted by Crippen LogP contribution is -2.28. The molecule has 1 aromatic carbocycles. The van der Waals surface area contributed by atoms with Crippen molar-refractivity contribution in [2.24, 2.45) is 12.9 Å². The van der Waals surface area contributed by atoms with Crippen molar-refractivity contribution in [2.45, 2.75) is 18.9 Å². The predicted octanol–water partition coefficient (Wildman–Crippen LogP) is 2.16. The lowest BCUT2D eigenvalue weighted by Gasteiger charge is -2.16. The molecule has 4 nitrogen and oxygen atoms in total. The standard InChI is InChI=1S/C13H17IN4/c1-18-12(8-9-16-18)6-7-13(17-15)10-2-4-11(14)5-3-10/h2-5,8-9,13,17H,6-7,15H2,1H3. The van der Waals surface area contributed by atoms with Gasteiger partial charge in [-0.1, -0.05) is 12.1 Å². The van der Waals surface area contributed by atoms with Gasteiger partial charge in [-0.3, -0.25) is 16.0 Å². The summed E-state index contributed by atoms with van der Waals surface area (Å²) < 4.78 is 3.14. The summed E-state index contributed by atoms with van der Waals surface area (Å²) in [5.74, 6) is 5.65. The van der Waals surface area contributed by atoms with Crippen LogP contribution in [-0.2, 0) is 13.5 Å². The third-order valence-electron chi connectivity index (χ3n) is 3.09. The summed E-state index contributed by atoms with van der Waals surface area (Å²) in [4.78, 5) is 0. The lowest BCUT2D eigenvalue weighted by atomic mass is 10.0. The van der Waals surface area contributed by atoms with Gasteiger partial charge in [0.05, 0.1) is 0 Å². The Morgan fingerprint density at radius 2 is 2.06 bits per heavy atom. The van der Waals surface area contributed by atoms with E-state index in [1.807, 2.05) is 24.0 Å². The molecule has 0 saturated carbocycles. The number of halogens is 1. The smallest absolute Gasteiger partial charge is 0.0492 e. The molecule has 18 heavy (non-hydrogen) atoms.